The number of nitrogens with two attached hydrogens (primary N) is 1. The Morgan fingerprint density at radius 2 is 1.70 bits per heavy atom. The molecule has 3 saturated heterocycles. The van der Waals surface area contributed by atoms with Gasteiger partial charge in [-0.05, 0) is 125 Å². The third-order valence-electron chi connectivity index (χ3n) is 16.1. The molecular formula is C54H63ClF2N8O6. The molecule has 5 aromatic rings. The summed E-state index contributed by atoms with van der Waals surface area (Å²) in [4.78, 5) is 44.0. The number of piperidine rings is 2. The maximum absolute atomic E-state index is 16.5. The van der Waals surface area contributed by atoms with Crippen LogP contribution in [0.15, 0.2) is 66.7 Å². The number of nitrogens with zero attached hydrogens (tertiary/aromatic N) is 5. The van der Waals surface area contributed by atoms with Gasteiger partial charge in [0, 0.05) is 79.2 Å². The smallest absolute Gasteiger partial charge is 0.329 e. The Balaban J connectivity index is 0.738. The zero-order valence-corrected chi connectivity index (χ0v) is 41.2. The summed E-state index contributed by atoms with van der Waals surface area (Å²) in [6.07, 6.45) is 9.04. The summed E-state index contributed by atoms with van der Waals surface area (Å²) in [7, 11) is 1.91. The minimum absolute atomic E-state index is 0.0128. The maximum atomic E-state index is 16.5. The number of hydrogen-bond acceptors (Lipinski definition) is 10. The fourth-order valence-corrected chi connectivity index (χ4v) is 12.5. The van der Waals surface area contributed by atoms with E-state index in [4.69, 9.17) is 26.8 Å². The topological polar surface area (TPSA) is 168 Å². The largest absolute Gasteiger partial charge is 0.488 e. The third-order valence-corrected chi connectivity index (χ3v) is 16.5. The Hall–Kier alpha value is -5.65. The van der Waals surface area contributed by atoms with Crippen LogP contribution in [0.5, 0.6) is 11.5 Å². The van der Waals surface area contributed by atoms with E-state index in [-0.39, 0.29) is 64.8 Å². The third kappa shape index (κ3) is 9.49. The quantitative estimate of drug-likeness (QED) is 0.0857. The number of primary amides is 1. The Labute approximate surface area is 417 Å². The highest BCUT2D eigenvalue weighted by molar-refractivity contribution is 6.34. The summed E-state index contributed by atoms with van der Waals surface area (Å²) in [5.41, 5.74) is 7.90. The number of amides is 4. The van der Waals surface area contributed by atoms with Crippen molar-refractivity contribution in [1.82, 2.24) is 30.2 Å². The zero-order chi connectivity index (χ0) is 49.6. The second-order valence-corrected chi connectivity index (χ2v) is 20.6. The number of fused-ring (bicyclic) bond motifs is 2. The number of rotatable bonds is 14. The first-order valence-electron chi connectivity index (χ1n) is 25.2. The van der Waals surface area contributed by atoms with Gasteiger partial charge in [0.25, 0.3) is 0 Å². The Morgan fingerprint density at radius 1 is 0.958 bits per heavy atom. The molecule has 1 aliphatic carbocycles. The predicted molar refractivity (Wildman–Crippen MR) is 268 cm³/mol. The molecule has 0 spiro atoms. The Bertz CT molecular complexity index is 2810. The van der Waals surface area contributed by atoms with E-state index >= 15 is 8.78 Å². The van der Waals surface area contributed by atoms with E-state index in [0.717, 1.165) is 87.7 Å². The summed E-state index contributed by atoms with van der Waals surface area (Å²) >= 11 is 6.75. The van der Waals surface area contributed by atoms with Gasteiger partial charge in [0.05, 0.1) is 22.7 Å². The molecule has 14 nitrogen and oxygen atoms in total. The number of halogens is 3. The van der Waals surface area contributed by atoms with E-state index in [0.29, 0.717) is 42.3 Å². The van der Waals surface area contributed by atoms with Crippen LogP contribution in [0.3, 0.4) is 0 Å². The van der Waals surface area contributed by atoms with E-state index < -0.39 is 35.1 Å². The Morgan fingerprint density at radius 3 is 2.41 bits per heavy atom. The van der Waals surface area contributed by atoms with Gasteiger partial charge in [-0.15, -0.1) is 0 Å². The average Bonchev–Trinajstić information content (AvgIpc) is 3.86. The van der Waals surface area contributed by atoms with Crippen molar-refractivity contribution in [1.29, 1.82) is 0 Å². The molecule has 2 atom stereocenters. The number of anilines is 1. The lowest BCUT2D eigenvalue weighted by Crippen LogP contribution is -2.50. The van der Waals surface area contributed by atoms with Crippen LogP contribution in [0, 0.1) is 17.6 Å². The van der Waals surface area contributed by atoms with E-state index in [2.05, 4.69) is 43.7 Å². The number of ether oxygens (including phenoxy) is 2. The molecule has 0 bridgehead atoms. The zero-order valence-electron chi connectivity index (χ0n) is 40.4. The lowest BCUT2D eigenvalue weighted by atomic mass is 9.77. The number of aromatic nitrogens is 2. The molecule has 4 aliphatic heterocycles. The lowest BCUT2D eigenvalue weighted by molar-refractivity contribution is -0.120. The summed E-state index contributed by atoms with van der Waals surface area (Å²) in [6.45, 7) is 7.64. The molecule has 0 radical (unpaired) electrons. The van der Waals surface area contributed by atoms with Crippen molar-refractivity contribution in [2.24, 2.45) is 18.7 Å². The van der Waals surface area contributed by atoms with Crippen molar-refractivity contribution >= 4 is 46.2 Å². The number of aryl methyl sites for hydroxylation is 1. The van der Waals surface area contributed by atoms with E-state index in [9.17, 15) is 19.5 Å². The van der Waals surface area contributed by atoms with Gasteiger partial charge in [-0.2, -0.15) is 5.10 Å². The van der Waals surface area contributed by atoms with Crippen molar-refractivity contribution < 1.29 is 37.7 Å². The SMILES string of the molecule is CC1c2c(cc(F)c(Cl)c2-c2c(C(N)=O)ccc(OCCO)c2F)OC1(CNC1CCC(N2CCC(CN3CCC(c4ccc5c(N6CCC(=O)NC6=O)nn(C)c5c4)CC3)CC2)CC1)c1ccccc1. The van der Waals surface area contributed by atoms with E-state index in [1.54, 1.807) is 4.90 Å². The molecule has 376 valence electrons. The fraction of sp³-hybridized carbons (Fsp3) is 0.481. The van der Waals surface area contributed by atoms with Crippen LogP contribution in [0.2, 0.25) is 5.02 Å². The predicted octanol–water partition coefficient (Wildman–Crippen LogP) is 7.97. The maximum Gasteiger partial charge on any atom is 0.329 e. The first-order chi connectivity index (χ1) is 34.3. The number of carbonyl (C=O) groups is 3. The number of hydrogen-bond donors (Lipinski definition) is 4. The van der Waals surface area contributed by atoms with Crippen molar-refractivity contribution in [2.75, 3.05) is 63.9 Å². The van der Waals surface area contributed by atoms with Crippen LogP contribution in [0.1, 0.15) is 104 Å². The normalized spacial score (nSPS) is 23.7. The van der Waals surface area contributed by atoms with Crippen LogP contribution >= 0.6 is 11.6 Å². The fourth-order valence-electron chi connectivity index (χ4n) is 12.2. The van der Waals surface area contributed by atoms with Crippen molar-refractivity contribution in [3.05, 3.63) is 106 Å². The van der Waals surface area contributed by atoms with Gasteiger partial charge in [-0.1, -0.05) is 54.9 Å². The number of likely N-dealkylation sites (tertiary alicyclic amines) is 2. The van der Waals surface area contributed by atoms with E-state index in [1.165, 1.54) is 36.6 Å². The summed E-state index contributed by atoms with van der Waals surface area (Å²) in [5.74, 6) is -1.71. The minimum atomic E-state index is -1.03. The van der Waals surface area contributed by atoms with Crippen LogP contribution < -0.4 is 30.7 Å². The standard InChI is InChI=1S/C54H63ClF2N8O6/c1-32-46-44(29-41(56)49(55)48(46)47-40(51(58)68)14-15-43(50(47)57)70-27-26-66)71-54(32,36-6-4-3-5-7-36)31-59-37-9-11-38(12-10-37)64-23-16-33(17-24-64)30-63-21-18-34(19-22-63)35-8-13-39-42(28-35)62(2)61-52(39)65-25-20-45(67)60-53(65)69/h3-8,13-15,28-29,32-34,37-38,59,66H,9-12,16-27,30-31H2,1-2H3,(H2,58,68)(H,60,67,69). The summed E-state index contributed by atoms with van der Waals surface area (Å²) in [6, 6.07) is 20.4. The van der Waals surface area contributed by atoms with Crippen molar-refractivity contribution in [3.63, 3.8) is 0 Å². The molecule has 5 aliphatic rings. The van der Waals surface area contributed by atoms with Gasteiger partial charge in [0.15, 0.2) is 23.0 Å². The van der Waals surface area contributed by atoms with Crippen LogP contribution in [-0.2, 0) is 17.4 Å². The lowest BCUT2D eigenvalue weighted by Gasteiger charge is -2.43. The molecule has 5 heterocycles. The van der Waals surface area contributed by atoms with Gasteiger partial charge >= 0.3 is 6.03 Å². The Kier molecular flexibility index (Phi) is 14.1. The van der Waals surface area contributed by atoms with Crippen LogP contribution in [0.25, 0.3) is 22.0 Å². The number of urea groups is 1. The van der Waals surface area contributed by atoms with Gasteiger partial charge in [-0.3, -0.25) is 24.5 Å². The highest BCUT2D eigenvalue weighted by Crippen LogP contribution is 2.56. The number of carbonyl (C=O) groups excluding carboxylic acids is 3. The molecule has 4 fully saturated rings. The monoisotopic (exact) mass is 992 g/mol. The second kappa shape index (κ2) is 20.5. The molecule has 71 heavy (non-hydrogen) atoms. The van der Waals surface area contributed by atoms with Gasteiger partial charge in [0.1, 0.15) is 18.2 Å². The molecular weight excluding hydrogens is 930 g/mol. The van der Waals surface area contributed by atoms with E-state index in [1.807, 2.05) is 49.0 Å². The second-order valence-electron chi connectivity index (χ2n) is 20.2. The number of aliphatic hydroxyl groups excluding tert-OH is 1. The summed E-state index contributed by atoms with van der Waals surface area (Å²) in [5, 5.41) is 20.9. The van der Waals surface area contributed by atoms with Gasteiger partial charge in [-0.25, -0.2) is 13.6 Å². The molecule has 10 rings (SSSR count). The van der Waals surface area contributed by atoms with Gasteiger partial charge < -0.3 is 35.4 Å². The minimum Gasteiger partial charge on any atom is -0.488 e. The highest BCUT2D eigenvalue weighted by atomic mass is 35.5. The van der Waals surface area contributed by atoms with Crippen molar-refractivity contribution in [2.45, 2.75) is 94.2 Å². The first-order valence-corrected chi connectivity index (χ1v) is 25.6. The number of imide groups is 1. The van der Waals surface area contributed by atoms with Gasteiger partial charge in [0.2, 0.25) is 11.8 Å². The van der Waals surface area contributed by atoms with Crippen molar-refractivity contribution in [3.8, 4) is 22.6 Å². The van der Waals surface area contributed by atoms with Crippen LogP contribution in [0.4, 0.5) is 19.4 Å². The number of aliphatic hydroxyl groups is 1. The number of benzene rings is 4. The molecule has 5 N–H and O–H groups in total. The molecule has 4 amide bonds. The van der Waals surface area contributed by atoms with Crippen LogP contribution in [-0.4, -0.2) is 114 Å². The average molecular weight is 994 g/mol. The first kappa shape index (κ1) is 49.0. The highest BCUT2D eigenvalue weighted by Gasteiger charge is 2.50. The molecule has 4 aromatic carbocycles. The molecule has 2 unspecified atom stereocenters. The number of nitrogens with one attached hydrogen (secondary N) is 2. The molecule has 17 heteroatoms. The summed E-state index contributed by atoms with van der Waals surface area (Å²) < 4.78 is 46.5. The molecule has 1 saturated carbocycles. The molecule has 1 aromatic heterocycles.